The fourth-order valence-corrected chi connectivity index (χ4v) is 8.89. The van der Waals surface area contributed by atoms with E-state index in [1.165, 1.54) is 38.2 Å². The number of nitrogens with one attached hydrogen (secondary N) is 1. The molecule has 1 aliphatic carbocycles. The number of carbonyl (C=O) groups is 3. The van der Waals surface area contributed by atoms with Crippen LogP contribution in [0.2, 0.25) is 18.1 Å². The molecule has 0 aromatic heterocycles. The van der Waals surface area contributed by atoms with Gasteiger partial charge < -0.3 is 14.6 Å². The summed E-state index contributed by atoms with van der Waals surface area (Å²) in [5.74, 6) is -1.40. The smallest absolute Gasteiger partial charge is 0.334 e. The minimum Gasteiger partial charge on any atom is -0.479 e. The van der Waals surface area contributed by atoms with Crippen LogP contribution in [0.4, 0.5) is 0 Å². The molecule has 0 amide bonds. The Morgan fingerprint density at radius 2 is 1.52 bits per heavy atom. The van der Waals surface area contributed by atoms with E-state index in [9.17, 15) is 24.6 Å². The lowest BCUT2D eigenvalue weighted by Crippen LogP contribution is -2.61. The van der Waals surface area contributed by atoms with Crippen LogP contribution in [-0.4, -0.2) is 61.4 Å². The average Bonchev–Trinajstić information content (AvgIpc) is 3.04. The summed E-state index contributed by atoms with van der Waals surface area (Å²) in [4.78, 5) is 40.5. The monoisotopic (exact) mass is 651 g/mol. The second-order valence-corrected chi connectivity index (χ2v) is 19.1. The Balaban J connectivity index is 1.74. The molecular formula is C38H57NO6Si. The van der Waals surface area contributed by atoms with Crippen LogP contribution in [0.3, 0.4) is 0 Å². The highest BCUT2D eigenvalue weighted by Crippen LogP contribution is 2.44. The van der Waals surface area contributed by atoms with Gasteiger partial charge in [0.1, 0.15) is 0 Å². The zero-order valence-electron chi connectivity index (χ0n) is 29.0. The molecule has 1 unspecified atom stereocenters. The number of Topliss-reactive ketones (excluding diaryl/α,β-unsaturated/α-hetero) is 1. The van der Waals surface area contributed by atoms with Crippen molar-refractivity contribution in [2.24, 2.45) is 11.8 Å². The van der Waals surface area contributed by atoms with Gasteiger partial charge in [-0.25, -0.2) is 4.79 Å². The number of aliphatic hydroxyl groups is 1. The fraction of sp³-hybridized carbons (Fsp3) is 0.605. The van der Waals surface area contributed by atoms with Gasteiger partial charge in [-0.05, 0) is 61.3 Å². The largest absolute Gasteiger partial charge is 0.479 e. The van der Waals surface area contributed by atoms with Crippen molar-refractivity contribution in [2.75, 3.05) is 19.8 Å². The van der Waals surface area contributed by atoms with Crippen molar-refractivity contribution < 1.29 is 29.0 Å². The standard InChI is InChI=1S/C38H57NO6Si/c1-28(2)37(3,4)46(5,6)45-26-16-21-30-20-10-11-22-31(30)34(41)32-23-12-13-24-33(32)35(42)38(27-40,36(43)44)39-25-15-14-19-29-17-8-7-9-18-29/h10-13,20,22-24,28-29,39-40H,7-9,14-19,21,25-27H2,1-6H3,(H,43,44). The molecule has 3 N–H and O–H groups in total. The van der Waals surface area contributed by atoms with Gasteiger partial charge in [0.15, 0.2) is 19.9 Å². The summed E-state index contributed by atoms with van der Waals surface area (Å²) in [6, 6.07) is 13.7. The summed E-state index contributed by atoms with van der Waals surface area (Å²) in [5, 5.41) is 23.5. The predicted octanol–water partition coefficient (Wildman–Crippen LogP) is 7.85. The summed E-state index contributed by atoms with van der Waals surface area (Å²) >= 11 is 0. The highest BCUT2D eigenvalue weighted by Gasteiger charge is 2.47. The quantitative estimate of drug-likeness (QED) is 0.0614. The number of carboxylic acids is 1. The second kappa shape index (κ2) is 17.0. The van der Waals surface area contributed by atoms with Gasteiger partial charge in [-0.15, -0.1) is 0 Å². The molecule has 8 heteroatoms. The Morgan fingerprint density at radius 1 is 0.913 bits per heavy atom. The minimum atomic E-state index is -2.24. The van der Waals surface area contributed by atoms with E-state index < -0.39 is 32.2 Å². The molecule has 1 fully saturated rings. The van der Waals surface area contributed by atoms with E-state index in [1.807, 2.05) is 12.1 Å². The molecule has 7 nitrogen and oxygen atoms in total. The number of benzene rings is 2. The van der Waals surface area contributed by atoms with Crippen LogP contribution in [0.25, 0.3) is 0 Å². The third-order valence-corrected chi connectivity index (χ3v) is 15.5. The Kier molecular flexibility index (Phi) is 13.9. The summed E-state index contributed by atoms with van der Waals surface area (Å²) < 4.78 is 6.49. The van der Waals surface area contributed by atoms with E-state index in [2.05, 4.69) is 46.1 Å². The van der Waals surface area contributed by atoms with E-state index in [-0.39, 0.29) is 28.5 Å². The highest BCUT2D eigenvalue weighted by atomic mass is 28.4. The zero-order chi connectivity index (χ0) is 34.0. The molecule has 0 radical (unpaired) electrons. The molecule has 3 rings (SSSR count). The number of ketones is 2. The second-order valence-electron chi connectivity index (χ2n) is 14.5. The van der Waals surface area contributed by atoms with Crippen molar-refractivity contribution in [2.45, 2.75) is 116 Å². The van der Waals surface area contributed by atoms with Crippen LogP contribution in [0.1, 0.15) is 117 Å². The van der Waals surface area contributed by atoms with Crippen LogP contribution < -0.4 is 5.32 Å². The molecule has 1 aliphatic rings. The van der Waals surface area contributed by atoms with E-state index in [4.69, 9.17) is 4.43 Å². The molecule has 0 saturated heterocycles. The first-order chi connectivity index (χ1) is 21.8. The van der Waals surface area contributed by atoms with Crippen LogP contribution in [0, 0.1) is 11.8 Å². The zero-order valence-corrected chi connectivity index (χ0v) is 30.0. The average molecular weight is 652 g/mol. The van der Waals surface area contributed by atoms with Crippen LogP contribution in [-0.2, 0) is 15.6 Å². The molecule has 0 aliphatic heterocycles. The van der Waals surface area contributed by atoms with E-state index in [0.717, 1.165) is 30.7 Å². The molecule has 1 atom stereocenters. The number of hydrogen-bond acceptors (Lipinski definition) is 6. The number of aliphatic carboxylic acids is 1. The topological polar surface area (TPSA) is 113 Å². The van der Waals surface area contributed by atoms with Crippen molar-refractivity contribution >= 4 is 25.9 Å². The molecule has 0 bridgehead atoms. The fourth-order valence-electron chi connectivity index (χ4n) is 6.47. The van der Waals surface area contributed by atoms with Crippen molar-refractivity contribution in [1.29, 1.82) is 0 Å². The lowest BCUT2D eigenvalue weighted by molar-refractivity contribution is -0.144. The van der Waals surface area contributed by atoms with Gasteiger partial charge in [-0.1, -0.05) is 121 Å². The SMILES string of the molecule is CC(C)C(C)(C)[Si](C)(C)OCCCc1ccccc1C(=O)c1ccccc1C(=O)C(CO)(NCCCCC1CCCCC1)C(=O)O. The molecular weight excluding hydrogens is 595 g/mol. The van der Waals surface area contributed by atoms with Gasteiger partial charge in [0, 0.05) is 23.3 Å². The molecule has 2 aromatic carbocycles. The maximum absolute atomic E-state index is 14.0. The summed E-state index contributed by atoms with van der Waals surface area (Å²) in [7, 11) is -1.97. The van der Waals surface area contributed by atoms with Crippen LogP contribution in [0.15, 0.2) is 48.5 Å². The maximum Gasteiger partial charge on any atom is 0.334 e. The van der Waals surface area contributed by atoms with Crippen molar-refractivity contribution in [3.05, 3.63) is 70.8 Å². The maximum atomic E-state index is 14.0. The first-order valence-corrected chi connectivity index (χ1v) is 20.2. The lowest BCUT2D eigenvalue weighted by atomic mass is 9.84. The molecule has 46 heavy (non-hydrogen) atoms. The number of hydrogen-bond donors (Lipinski definition) is 3. The lowest BCUT2D eigenvalue weighted by Gasteiger charge is -2.42. The number of aliphatic hydroxyl groups excluding tert-OH is 1. The summed E-state index contributed by atoms with van der Waals surface area (Å²) in [5.41, 5.74) is -0.800. The molecule has 0 heterocycles. The molecule has 254 valence electrons. The van der Waals surface area contributed by atoms with Gasteiger partial charge in [0.05, 0.1) is 6.61 Å². The van der Waals surface area contributed by atoms with Crippen LogP contribution in [0.5, 0.6) is 0 Å². The van der Waals surface area contributed by atoms with Gasteiger partial charge in [0.25, 0.3) is 0 Å². The summed E-state index contributed by atoms with van der Waals surface area (Å²) in [6.45, 7) is 13.5. The predicted molar refractivity (Wildman–Crippen MR) is 187 cm³/mol. The van der Waals surface area contributed by atoms with Crippen molar-refractivity contribution in [1.82, 2.24) is 5.32 Å². The Labute approximate surface area is 277 Å². The van der Waals surface area contributed by atoms with Gasteiger partial charge in [0.2, 0.25) is 5.54 Å². The number of carbonyl (C=O) groups excluding carboxylic acids is 2. The summed E-state index contributed by atoms with van der Waals surface area (Å²) in [6.07, 6.45) is 10.4. The van der Waals surface area contributed by atoms with E-state index in [0.29, 0.717) is 30.9 Å². The van der Waals surface area contributed by atoms with Crippen molar-refractivity contribution in [3.8, 4) is 0 Å². The Hall–Kier alpha value is -2.65. The molecule has 0 spiro atoms. The van der Waals surface area contributed by atoms with Gasteiger partial charge >= 0.3 is 5.97 Å². The Bertz CT molecular complexity index is 1320. The van der Waals surface area contributed by atoms with E-state index >= 15 is 0 Å². The number of carboxylic acid groups (broad SMARTS) is 1. The highest BCUT2D eigenvalue weighted by molar-refractivity contribution is 6.74. The normalized spacial score (nSPS) is 15.9. The van der Waals surface area contributed by atoms with Gasteiger partial charge in [-0.3, -0.25) is 14.9 Å². The van der Waals surface area contributed by atoms with Crippen molar-refractivity contribution in [3.63, 3.8) is 0 Å². The third kappa shape index (κ3) is 9.03. The first-order valence-electron chi connectivity index (χ1n) is 17.3. The number of rotatable bonds is 19. The molecule has 1 saturated carbocycles. The third-order valence-electron chi connectivity index (χ3n) is 10.9. The van der Waals surface area contributed by atoms with Crippen LogP contribution >= 0.6 is 0 Å². The van der Waals surface area contributed by atoms with Gasteiger partial charge in [-0.2, -0.15) is 0 Å². The Morgan fingerprint density at radius 3 is 2.13 bits per heavy atom. The van der Waals surface area contributed by atoms with E-state index in [1.54, 1.807) is 30.3 Å². The number of aryl methyl sites for hydroxylation is 1. The first kappa shape index (κ1) is 37.8. The number of unbranched alkanes of at least 4 members (excludes halogenated alkanes) is 1. The molecule has 2 aromatic rings. The minimum absolute atomic E-state index is 0.0135.